The molecule has 0 atom stereocenters. The van der Waals surface area contributed by atoms with Crippen LogP contribution in [-0.4, -0.2) is 25.4 Å². The van der Waals surface area contributed by atoms with E-state index in [2.05, 4.69) is 9.72 Å². The molecule has 0 aliphatic heterocycles. The summed E-state index contributed by atoms with van der Waals surface area (Å²) in [5.41, 5.74) is 4.68. The number of nitrogen functional groups attached to an aromatic ring is 1. The first-order chi connectivity index (χ1) is 12.0. The zero-order chi connectivity index (χ0) is 18.6. The number of anilines is 1. The fourth-order valence-electron chi connectivity index (χ4n) is 2.20. The van der Waals surface area contributed by atoms with Crippen LogP contribution in [0, 0.1) is 22.7 Å². The summed E-state index contributed by atoms with van der Waals surface area (Å²) in [5.74, 6) is 0.118. The number of aromatic amines is 1. The first kappa shape index (κ1) is 17.4. The summed E-state index contributed by atoms with van der Waals surface area (Å²) in [6.45, 7) is 0. The van der Waals surface area contributed by atoms with Gasteiger partial charge in [0.1, 0.15) is 40.6 Å². The molecule has 1 aromatic heterocycles. The molecule has 0 unspecified atom stereocenters. The number of nitrogens with zero attached hydrogens (tertiary/aromatic N) is 2. The van der Waals surface area contributed by atoms with Crippen molar-refractivity contribution in [1.82, 2.24) is 4.98 Å². The molecule has 2 rings (SSSR count). The number of hydrogen-bond donors (Lipinski definition) is 2. The van der Waals surface area contributed by atoms with Crippen molar-refractivity contribution in [1.29, 1.82) is 10.5 Å². The number of H-pyrrole nitrogens is 1. The molecule has 126 valence electrons. The fourth-order valence-corrected chi connectivity index (χ4v) is 2.20. The van der Waals surface area contributed by atoms with Crippen LogP contribution in [0.1, 0.15) is 11.1 Å². The molecule has 1 aromatic carbocycles. The van der Waals surface area contributed by atoms with Crippen molar-refractivity contribution >= 4 is 12.0 Å². The van der Waals surface area contributed by atoms with Crippen LogP contribution >= 0.6 is 0 Å². The first-order valence-corrected chi connectivity index (χ1v) is 6.77. The number of carbonyl (C=O) groups is 1. The van der Waals surface area contributed by atoms with Crippen molar-refractivity contribution in [3.63, 3.8) is 0 Å². The lowest BCUT2D eigenvalue weighted by atomic mass is 9.95. The molecule has 1 heterocycles. The standard InChI is InChI=1S/C16H12N4O5/c1-23-12-4-3-8(25-16(22)24-2)5-9(12)13-10(6-17)14(19)20-15(21)11(13)7-18/h3-5H,1-2H3,(H3,19,20,21). The third-order valence-electron chi connectivity index (χ3n) is 3.28. The van der Waals surface area contributed by atoms with Crippen molar-refractivity contribution in [3.05, 3.63) is 39.7 Å². The quantitative estimate of drug-likeness (QED) is 0.630. The van der Waals surface area contributed by atoms with Gasteiger partial charge in [-0.15, -0.1) is 0 Å². The number of nitriles is 2. The Bertz CT molecular complexity index is 982. The van der Waals surface area contributed by atoms with Crippen LogP contribution in [0.5, 0.6) is 11.5 Å². The Kier molecular flexibility index (Phi) is 4.91. The van der Waals surface area contributed by atoms with E-state index >= 15 is 0 Å². The SMILES string of the molecule is COC(=O)Oc1ccc(OC)c(-c2c(C#N)c(N)[nH]c(=O)c2C#N)c1. The Hall–Kier alpha value is -3.98. The second kappa shape index (κ2) is 7.06. The highest BCUT2D eigenvalue weighted by atomic mass is 16.7. The Morgan fingerprint density at radius 3 is 2.44 bits per heavy atom. The molecule has 0 aliphatic carbocycles. The Morgan fingerprint density at radius 2 is 1.88 bits per heavy atom. The maximum atomic E-state index is 12.0. The van der Waals surface area contributed by atoms with E-state index in [9.17, 15) is 20.1 Å². The van der Waals surface area contributed by atoms with Gasteiger partial charge in [0.15, 0.2) is 0 Å². The average Bonchev–Trinajstić information content (AvgIpc) is 2.61. The van der Waals surface area contributed by atoms with Gasteiger partial charge in [-0.05, 0) is 18.2 Å². The van der Waals surface area contributed by atoms with Gasteiger partial charge >= 0.3 is 6.16 Å². The van der Waals surface area contributed by atoms with Gasteiger partial charge in [0.2, 0.25) is 0 Å². The first-order valence-electron chi connectivity index (χ1n) is 6.77. The summed E-state index contributed by atoms with van der Waals surface area (Å²) in [6, 6.07) is 7.82. The van der Waals surface area contributed by atoms with Gasteiger partial charge < -0.3 is 24.9 Å². The lowest BCUT2D eigenvalue weighted by Gasteiger charge is -2.14. The van der Waals surface area contributed by atoms with E-state index in [-0.39, 0.29) is 39.6 Å². The molecule has 3 N–H and O–H groups in total. The molecule has 0 spiro atoms. The number of methoxy groups -OCH3 is 2. The number of pyridine rings is 1. The number of aromatic nitrogens is 1. The van der Waals surface area contributed by atoms with Crippen LogP contribution < -0.4 is 20.8 Å². The topological polar surface area (TPSA) is 151 Å². The minimum absolute atomic E-state index is 0.0154. The minimum Gasteiger partial charge on any atom is -0.496 e. The molecule has 0 bridgehead atoms. The molecule has 9 nitrogen and oxygen atoms in total. The van der Waals surface area contributed by atoms with Crippen LogP contribution in [0.4, 0.5) is 10.6 Å². The summed E-state index contributed by atoms with van der Waals surface area (Å²) < 4.78 is 14.6. The molecule has 2 aromatic rings. The second-order valence-corrected chi connectivity index (χ2v) is 4.63. The number of nitrogens with two attached hydrogens (primary N) is 1. The van der Waals surface area contributed by atoms with Crippen LogP contribution in [0.15, 0.2) is 23.0 Å². The highest BCUT2D eigenvalue weighted by Crippen LogP contribution is 2.37. The third-order valence-corrected chi connectivity index (χ3v) is 3.28. The summed E-state index contributed by atoms with van der Waals surface area (Å²) in [6.07, 6.45) is -0.956. The fraction of sp³-hybridized carbons (Fsp3) is 0.125. The van der Waals surface area contributed by atoms with E-state index in [1.54, 1.807) is 6.07 Å². The largest absolute Gasteiger partial charge is 0.513 e. The molecule has 0 fully saturated rings. The highest BCUT2D eigenvalue weighted by Gasteiger charge is 2.22. The molecule has 0 aliphatic rings. The van der Waals surface area contributed by atoms with Gasteiger partial charge in [-0.1, -0.05) is 0 Å². The minimum atomic E-state index is -0.956. The van der Waals surface area contributed by atoms with Crippen LogP contribution in [0.3, 0.4) is 0 Å². The lowest BCUT2D eigenvalue weighted by molar-refractivity contribution is 0.121. The van der Waals surface area contributed by atoms with Crippen LogP contribution in [0.2, 0.25) is 0 Å². The summed E-state index contributed by atoms with van der Waals surface area (Å²) >= 11 is 0. The molecule has 0 amide bonds. The summed E-state index contributed by atoms with van der Waals surface area (Å²) in [7, 11) is 2.51. The van der Waals surface area contributed by atoms with E-state index < -0.39 is 11.7 Å². The van der Waals surface area contributed by atoms with Gasteiger partial charge in [-0.25, -0.2) is 4.79 Å². The van der Waals surface area contributed by atoms with Gasteiger partial charge in [0.25, 0.3) is 5.56 Å². The van der Waals surface area contributed by atoms with Gasteiger partial charge in [0.05, 0.1) is 14.2 Å². The van der Waals surface area contributed by atoms with E-state index in [4.69, 9.17) is 15.2 Å². The molecule has 25 heavy (non-hydrogen) atoms. The predicted molar refractivity (Wildman–Crippen MR) is 85.9 cm³/mol. The monoisotopic (exact) mass is 340 g/mol. The maximum absolute atomic E-state index is 12.0. The van der Waals surface area contributed by atoms with E-state index in [0.717, 1.165) is 7.11 Å². The molecular weight excluding hydrogens is 328 g/mol. The summed E-state index contributed by atoms with van der Waals surface area (Å²) in [4.78, 5) is 25.6. The number of carbonyl (C=O) groups excluding carboxylic acids is 1. The Morgan fingerprint density at radius 1 is 1.20 bits per heavy atom. The van der Waals surface area contributed by atoms with Gasteiger partial charge in [0, 0.05) is 11.1 Å². The third kappa shape index (κ3) is 3.21. The molecule has 0 saturated carbocycles. The lowest BCUT2D eigenvalue weighted by Crippen LogP contribution is -2.16. The van der Waals surface area contributed by atoms with Crippen molar-refractivity contribution in [2.45, 2.75) is 0 Å². The van der Waals surface area contributed by atoms with Gasteiger partial charge in [-0.3, -0.25) is 4.79 Å². The smallest absolute Gasteiger partial charge is 0.496 e. The molecule has 0 saturated heterocycles. The second-order valence-electron chi connectivity index (χ2n) is 4.63. The zero-order valence-corrected chi connectivity index (χ0v) is 13.2. The Balaban J connectivity index is 2.84. The highest BCUT2D eigenvalue weighted by molar-refractivity contribution is 5.84. The van der Waals surface area contributed by atoms with E-state index in [1.807, 2.05) is 6.07 Å². The van der Waals surface area contributed by atoms with Gasteiger partial charge in [-0.2, -0.15) is 10.5 Å². The molecule has 0 radical (unpaired) electrons. The predicted octanol–water partition coefficient (Wildman–Crippen LogP) is 1.52. The maximum Gasteiger partial charge on any atom is 0.513 e. The molecule has 9 heteroatoms. The van der Waals surface area contributed by atoms with Crippen molar-refractivity contribution in [2.24, 2.45) is 0 Å². The van der Waals surface area contributed by atoms with E-state index in [1.165, 1.54) is 25.3 Å². The number of ether oxygens (including phenoxy) is 3. The zero-order valence-electron chi connectivity index (χ0n) is 13.2. The number of nitrogens with one attached hydrogen (secondary N) is 1. The van der Waals surface area contributed by atoms with Crippen molar-refractivity contribution in [2.75, 3.05) is 20.0 Å². The normalized spacial score (nSPS) is 9.60. The molecular formula is C16H12N4O5. The van der Waals surface area contributed by atoms with Crippen molar-refractivity contribution in [3.8, 4) is 34.8 Å². The number of benzene rings is 1. The summed E-state index contributed by atoms with van der Waals surface area (Å²) in [5, 5.41) is 18.7. The van der Waals surface area contributed by atoms with E-state index in [0.29, 0.717) is 0 Å². The van der Waals surface area contributed by atoms with Crippen LogP contribution in [-0.2, 0) is 4.74 Å². The van der Waals surface area contributed by atoms with Crippen LogP contribution in [0.25, 0.3) is 11.1 Å². The number of hydrogen-bond acceptors (Lipinski definition) is 8. The average molecular weight is 340 g/mol. The van der Waals surface area contributed by atoms with Crippen molar-refractivity contribution < 1.29 is 19.0 Å². The Labute approximate surface area is 141 Å². The number of rotatable bonds is 3.